The van der Waals surface area contributed by atoms with Gasteiger partial charge in [0.1, 0.15) is 4.90 Å². The lowest BCUT2D eigenvalue weighted by molar-refractivity contribution is -0.385. The van der Waals surface area contributed by atoms with Gasteiger partial charge in [0.05, 0.1) is 12.0 Å². The predicted molar refractivity (Wildman–Crippen MR) is 78.2 cm³/mol. The Hall–Kier alpha value is -2.04. The molecule has 0 unspecified atom stereocenters. The molecule has 0 radical (unpaired) electrons. The first kappa shape index (κ1) is 18.0. The highest BCUT2D eigenvalue weighted by atomic mass is 32.2. The average Bonchev–Trinajstić information content (AvgIpc) is 2.44. The number of sulfonamides is 1. The summed E-state index contributed by atoms with van der Waals surface area (Å²) in [7, 11) is 0.474. The third-order valence-electron chi connectivity index (χ3n) is 2.73. The van der Waals surface area contributed by atoms with Crippen LogP contribution >= 0.6 is 0 Å². The summed E-state index contributed by atoms with van der Waals surface area (Å²) in [6.07, 6.45) is 0. The Bertz CT molecular complexity index is 671. The van der Waals surface area contributed by atoms with Gasteiger partial charge in [-0.05, 0) is 20.2 Å². The number of hydrogen-bond acceptors (Lipinski definition) is 7. The quantitative estimate of drug-likeness (QED) is 0.431. The van der Waals surface area contributed by atoms with Crippen LogP contribution in [-0.2, 0) is 14.8 Å². The van der Waals surface area contributed by atoms with Gasteiger partial charge in [0, 0.05) is 19.2 Å². The number of methoxy groups -OCH3 is 1. The number of nitrogens with one attached hydrogen (secondary N) is 1. The fraction of sp³-hybridized carbons (Fsp3) is 0.417. The monoisotopic (exact) mass is 331 g/mol. The van der Waals surface area contributed by atoms with Crippen molar-refractivity contribution in [3.05, 3.63) is 33.9 Å². The van der Waals surface area contributed by atoms with E-state index in [2.05, 4.69) is 9.46 Å². The van der Waals surface area contributed by atoms with Gasteiger partial charge in [0.2, 0.25) is 10.0 Å². The van der Waals surface area contributed by atoms with Gasteiger partial charge < -0.3 is 9.64 Å². The molecule has 0 heterocycles. The van der Waals surface area contributed by atoms with E-state index in [9.17, 15) is 23.3 Å². The Labute approximate surface area is 128 Å². The lowest BCUT2D eigenvalue weighted by Gasteiger charge is -2.12. The van der Waals surface area contributed by atoms with Crippen LogP contribution in [0, 0.1) is 10.1 Å². The molecule has 22 heavy (non-hydrogen) atoms. The zero-order valence-electron chi connectivity index (χ0n) is 12.4. The topological polar surface area (TPSA) is 119 Å². The summed E-state index contributed by atoms with van der Waals surface area (Å²) in [4.78, 5) is 23.2. The Morgan fingerprint density at radius 2 is 2.05 bits per heavy atom. The minimum absolute atomic E-state index is 0.0959. The summed E-state index contributed by atoms with van der Waals surface area (Å²) in [5, 5.41) is 11.0. The second-order valence-corrected chi connectivity index (χ2v) is 6.34. The number of benzene rings is 1. The molecular weight excluding hydrogens is 314 g/mol. The maximum Gasteiger partial charge on any atom is 0.346 e. The van der Waals surface area contributed by atoms with Crippen molar-refractivity contribution in [3.8, 4) is 0 Å². The molecule has 9 nitrogen and oxygen atoms in total. The molecule has 10 heteroatoms. The molecule has 0 bridgehead atoms. The molecule has 0 aromatic heterocycles. The predicted octanol–water partition coefficient (Wildman–Crippen LogP) is 0.221. The number of hydrogen-bond donors (Lipinski definition) is 1. The Morgan fingerprint density at radius 1 is 1.41 bits per heavy atom. The van der Waals surface area contributed by atoms with Crippen molar-refractivity contribution in [3.63, 3.8) is 0 Å². The van der Waals surface area contributed by atoms with E-state index in [1.165, 1.54) is 6.07 Å². The fourth-order valence-electron chi connectivity index (χ4n) is 1.68. The first-order valence-corrected chi connectivity index (χ1v) is 7.69. The Balaban J connectivity index is 3.31. The third kappa shape index (κ3) is 4.23. The molecule has 0 spiro atoms. The lowest BCUT2D eigenvalue weighted by Crippen LogP contribution is -2.32. The van der Waals surface area contributed by atoms with E-state index in [0.29, 0.717) is 6.54 Å². The van der Waals surface area contributed by atoms with Crippen molar-refractivity contribution < 1.29 is 22.9 Å². The zero-order chi connectivity index (χ0) is 16.9. The van der Waals surface area contributed by atoms with Crippen molar-refractivity contribution in [1.29, 1.82) is 0 Å². The molecule has 0 saturated carbocycles. The van der Waals surface area contributed by atoms with Crippen molar-refractivity contribution in [2.24, 2.45) is 0 Å². The van der Waals surface area contributed by atoms with Crippen molar-refractivity contribution in [2.45, 2.75) is 4.90 Å². The van der Waals surface area contributed by atoms with Crippen LogP contribution in [0.4, 0.5) is 5.69 Å². The second-order valence-electron chi connectivity index (χ2n) is 4.60. The summed E-state index contributed by atoms with van der Waals surface area (Å²) in [6, 6.07) is 3.37. The van der Waals surface area contributed by atoms with Crippen LogP contribution in [0.2, 0.25) is 0 Å². The standard InChI is InChI=1S/C12H17N3O6S/c1-14(2)8-7-13-22(19,20)10-6-4-5-9(15(17)18)11(10)12(16)21-3/h4-6,13H,7-8H2,1-3H3. The molecule has 122 valence electrons. The van der Waals surface area contributed by atoms with Gasteiger partial charge in [-0.1, -0.05) is 6.07 Å². The van der Waals surface area contributed by atoms with Gasteiger partial charge >= 0.3 is 5.97 Å². The Kier molecular flexibility index (Phi) is 5.97. The minimum atomic E-state index is -4.08. The van der Waals surface area contributed by atoms with Crippen LogP contribution in [0.3, 0.4) is 0 Å². The SMILES string of the molecule is COC(=O)c1c([N+](=O)[O-])cccc1S(=O)(=O)NCCN(C)C. The largest absolute Gasteiger partial charge is 0.465 e. The molecule has 0 aliphatic rings. The van der Waals surface area contributed by atoms with Crippen molar-refractivity contribution in [1.82, 2.24) is 9.62 Å². The van der Waals surface area contributed by atoms with Gasteiger partial charge in [-0.3, -0.25) is 10.1 Å². The number of ether oxygens (including phenoxy) is 1. The smallest absolute Gasteiger partial charge is 0.346 e. The number of rotatable bonds is 7. The molecule has 0 atom stereocenters. The average molecular weight is 331 g/mol. The molecule has 0 fully saturated rings. The molecule has 0 amide bonds. The van der Waals surface area contributed by atoms with Crippen LogP contribution in [0.15, 0.2) is 23.1 Å². The van der Waals surface area contributed by atoms with E-state index in [-0.39, 0.29) is 6.54 Å². The number of nitrogens with zero attached hydrogens (tertiary/aromatic N) is 2. The van der Waals surface area contributed by atoms with Crippen LogP contribution < -0.4 is 4.72 Å². The van der Waals surface area contributed by atoms with E-state index < -0.39 is 37.1 Å². The summed E-state index contributed by atoms with van der Waals surface area (Å²) in [5.74, 6) is -1.08. The third-order valence-corrected chi connectivity index (χ3v) is 4.23. The van der Waals surface area contributed by atoms with Crippen LogP contribution in [0.1, 0.15) is 10.4 Å². The first-order chi connectivity index (χ1) is 10.2. The van der Waals surface area contributed by atoms with Crippen LogP contribution in [0.5, 0.6) is 0 Å². The molecule has 1 aromatic rings. The van der Waals surface area contributed by atoms with Crippen molar-refractivity contribution in [2.75, 3.05) is 34.3 Å². The first-order valence-electron chi connectivity index (χ1n) is 6.21. The number of esters is 1. The molecule has 0 aliphatic carbocycles. The number of nitro groups is 1. The molecule has 0 saturated heterocycles. The van der Waals surface area contributed by atoms with Gasteiger partial charge in [-0.25, -0.2) is 17.9 Å². The van der Waals surface area contributed by atoms with Gasteiger partial charge in [0.25, 0.3) is 5.69 Å². The number of carbonyl (C=O) groups excluding carboxylic acids is 1. The van der Waals surface area contributed by atoms with E-state index in [1.54, 1.807) is 19.0 Å². The molecular formula is C12H17N3O6S. The van der Waals surface area contributed by atoms with E-state index in [0.717, 1.165) is 19.2 Å². The fourth-order valence-corrected chi connectivity index (χ4v) is 2.91. The van der Waals surface area contributed by atoms with Gasteiger partial charge in [-0.15, -0.1) is 0 Å². The summed E-state index contributed by atoms with van der Waals surface area (Å²) in [6.45, 7) is 0.528. The maximum atomic E-state index is 12.3. The Morgan fingerprint density at radius 3 is 2.55 bits per heavy atom. The van der Waals surface area contributed by atoms with Crippen LogP contribution in [0.25, 0.3) is 0 Å². The highest BCUT2D eigenvalue weighted by Crippen LogP contribution is 2.26. The zero-order valence-corrected chi connectivity index (χ0v) is 13.2. The molecule has 1 N–H and O–H groups in total. The maximum absolute atomic E-state index is 12.3. The van der Waals surface area contributed by atoms with Gasteiger partial charge in [-0.2, -0.15) is 0 Å². The summed E-state index contributed by atoms with van der Waals surface area (Å²) >= 11 is 0. The van der Waals surface area contributed by atoms with E-state index in [1.807, 2.05) is 0 Å². The van der Waals surface area contributed by atoms with E-state index >= 15 is 0 Å². The minimum Gasteiger partial charge on any atom is -0.465 e. The summed E-state index contributed by atoms with van der Waals surface area (Å²) < 4.78 is 31.3. The number of nitro benzene ring substituents is 1. The normalized spacial score (nSPS) is 11.5. The molecule has 0 aliphatic heterocycles. The number of likely N-dealkylation sites (N-methyl/N-ethyl adjacent to an activating group) is 1. The van der Waals surface area contributed by atoms with Gasteiger partial charge in [0.15, 0.2) is 5.56 Å². The molecule has 1 aromatic carbocycles. The summed E-state index contributed by atoms with van der Waals surface area (Å²) in [5.41, 5.74) is -1.21. The number of carbonyl (C=O) groups is 1. The van der Waals surface area contributed by atoms with E-state index in [4.69, 9.17) is 0 Å². The van der Waals surface area contributed by atoms with Crippen LogP contribution in [-0.4, -0.2) is 58.5 Å². The molecule has 1 rings (SSSR count). The van der Waals surface area contributed by atoms with Crippen molar-refractivity contribution >= 4 is 21.7 Å². The highest BCUT2D eigenvalue weighted by Gasteiger charge is 2.30. The highest BCUT2D eigenvalue weighted by molar-refractivity contribution is 7.89. The lowest BCUT2D eigenvalue weighted by atomic mass is 10.2. The second kappa shape index (κ2) is 7.29.